The number of nitrogens with zero attached hydrogens (tertiary/aromatic N) is 2. The Balaban J connectivity index is 1.97. The molecule has 23 heavy (non-hydrogen) atoms. The second-order valence-corrected chi connectivity index (χ2v) is 6.17. The number of pyridine rings is 1. The van der Waals surface area contributed by atoms with Crippen molar-refractivity contribution in [3.8, 4) is 0 Å². The van der Waals surface area contributed by atoms with Crippen LogP contribution in [0.15, 0.2) is 23.1 Å². The summed E-state index contributed by atoms with van der Waals surface area (Å²) in [4.78, 5) is 26.2. The topological polar surface area (TPSA) is 74.6 Å². The van der Waals surface area contributed by atoms with E-state index in [2.05, 4.69) is 10.2 Å². The van der Waals surface area contributed by atoms with Crippen LogP contribution >= 0.6 is 0 Å². The summed E-state index contributed by atoms with van der Waals surface area (Å²) < 4.78 is 1.95. The Bertz CT molecular complexity index is 850. The monoisotopic (exact) mass is 313 g/mol. The molecule has 6 nitrogen and oxygen atoms in total. The number of hydrogen-bond acceptors (Lipinski definition) is 4. The van der Waals surface area contributed by atoms with Gasteiger partial charge in [0, 0.05) is 50.0 Å². The first kappa shape index (κ1) is 14.3. The van der Waals surface area contributed by atoms with Crippen LogP contribution in [0.4, 0.5) is 5.69 Å². The minimum absolute atomic E-state index is 0.139. The van der Waals surface area contributed by atoms with E-state index in [1.165, 1.54) is 17.4 Å². The van der Waals surface area contributed by atoms with Crippen molar-refractivity contribution < 1.29 is 9.90 Å². The molecule has 0 atom stereocenters. The van der Waals surface area contributed by atoms with Crippen LogP contribution in [0.5, 0.6) is 0 Å². The van der Waals surface area contributed by atoms with Gasteiger partial charge in [-0.1, -0.05) is 0 Å². The predicted octanol–water partition coefficient (Wildman–Crippen LogP) is 1.06. The maximum Gasteiger partial charge on any atom is 0.341 e. The first-order valence-corrected chi connectivity index (χ1v) is 8.05. The number of benzene rings is 1. The van der Waals surface area contributed by atoms with Gasteiger partial charge in [0.1, 0.15) is 5.56 Å². The molecule has 0 amide bonds. The highest BCUT2D eigenvalue weighted by Crippen LogP contribution is 2.32. The van der Waals surface area contributed by atoms with Gasteiger partial charge >= 0.3 is 5.97 Å². The number of nitrogens with one attached hydrogen (secondary N) is 1. The van der Waals surface area contributed by atoms with Crippen molar-refractivity contribution in [1.82, 2.24) is 9.88 Å². The molecule has 0 unspecified atom stereocenters. The number of aryl methyl sites for hydroxylation is 2. The van der Waals surface area contributed by atoms with Crippen LogP contribution < -0.4 is 15.6 Å². The van der Waals surface area contributed by atoms with Crippen LogP contribution in [0.2, 0.25) is 0 Å². The van der Waals surface area contributed by atoms with Crippen molar-refractivity contribution in [2.24, 2.45) is 0 Å². The highest BCUT2D eigenvalue weighted by atomic mass is 16.4. The zero-order valence-corrected chi connectivity index (χ0v) is 12.8. The normalized spacial score (nSPS) is 17.5. The first-order valence-electron chi connectivity index (χ1n) is 8.05. The van der Waals surface area contributed by atoms with E-state index in [0.29, 0.717) is 5.39 Å². The third-order valence-corrected chi connectivity index (χ3v) is 4.83. The SMILES string of the molecule is O=C(O)c1cn2c3c(c(N4CCNCC4)ccc3c1=O)CCC2. The van der Waals surface area contributed by atoms with Gasteiger partial charge in [0.15, 0.2) is 0 Å². The summed E-state index contributed by atoms with van der Waals surface area (Å²) in [5, 5.41) is 13.1. The lowest BCUT2D eigenvalue weighted by Gasteiger charge is -2.33. The summed E-state index contributed by atoms with van der Waals surface area (Å²) in [6, 6.07) is 3.79. The molecule has 3 heterocycles. The molecule has 0 spiro atoms. The molecule has 0 radical (unpaired) electrons. The third-order valence-electron chi connectivity index (χ3n) is 4.83. The molecule has 2 aliphatic rings. The van der Waals surface area contributed by atoms with Crippen molar-refractivity contribution in [3.05, 3.63) is 39.7 Å². The molecule has 1 saturated heterocycles. The van der Waals surface area contributed by atoms with Gasteiger partial charge in [-0.25, -0.2) is 4.79 Å². The molecular weight excluding hydrogens is 294 g/mol. The Morgan fingerprint density at radius 1 is 1.17 bits per heavy atom. The van der Waals surface area contributed by atoms with Gasteiger partial charge in [-0.3, -0.25) is 4.79 Å². The Morgan fingerprint density at radius 2 is 1.96 bits per heavy atom. The quantitative estimate of drug-likeness (QED) is 0.867. The van der Waals surface area contributed by atoms with Crippen LogP contribution in [0.3, 0.4) is 0 Å². The summed E-state index contributed by atoms with van der Waals surface area (Å²) in [7, 11) is 0. The number of hydrogen-bond donors (Lipinski definition) is 2. The van der Waals surface area contributed by atoms with Gasteiger partial charge in [0.05, 0.1) is 5.52 Å². The van der Waals surface area contributed by atoms with E-state index >= 15 is 0 Å². The van der Waals surface area contributed by atoms with Crippen molar-refractivity contribution in [2.75, 3.05) is 31.1 Å². The molecule has 0 bridgehead atoms. The van der Waals surface area contributed by atoms with Crippen molar-refractivity contribution >= 4 is 22.6 Å². The fourth-order valence-corrected chi connectivity index (χ4v) is 3.76. The summed E-state index contributed by atoms with van der Waals surface area (Å²) in [6.07, 6.45) is 3.41. The molecule has 2 N–H and O–H groups in total. The molecule has 1 aromatic heterocycles. The Kier molecular flexibility index (Phi) is 3.34. The average Bonchev–Trinajstić information content (AvgIpc) is 2.58. The van der Waals surface area contributed by atoms with Gasteiger partial charge in [0.2, 0.25) is 5.43 Å². The van der Waals surface area contributed by atoms with E-state index in [1.807, 2.05) is 10.6 Å². The number of carboxylic acids is 1. The predicted molar refractivity (Wildman–Crippen MR) is 88.6 cm³/mol. The molecule has 0 aliphatic carbocycles. The Labute approximate surface area is 133 Å². The smallest absolute Gasteiger partial charge is 0.341 e. The van der Waals surface area contributed by atoms with Crippen LogP contribution in [-0.2, 0) is 13.0 Å². The minimum Gasteiger partial charge on any atom is -0.477 e. The van der Waals surface area contributed by atoms with Gasteiger partial charge in [0.25, 0.3) is 0 Å². The molecule has 1 aromatic carbocycles. The van der Waals surface area contributed by atoms with E-state index in [4.69, 9.17) is 0 Å². The number of carboxylic acid groups (broad SMARTS) is 1. The van der Waals surface area contributed by atoms with Crippen molar-refractivity contribution in [3.63, 3.8) is 0 Å². The van der Waals surface area contributed by atoms with E-state index in [-0.39, 0.29) is 11.0 Å². The third kappa shape index (κ3) is 2.21. The van der Waals surface area contributed by atoms with Crippen LogP contribution in [0.1, 0.15) is 22.3 Å². The number of piperazine rings is 1. The number of aromatic nitrogens is 1. The zero-order valence-electron chi connectivity index (χ0n) is 12.8. The van der Waals surface area contributed by atoms with Crippen molar-refractivity contribution in [1.29, 1.82) is 0 Å². The van der Waals surface area contributed by atoms with Crippen LogP contribution in [0, 0.1) is 0 Å². The lowest BCUT2D eigenvalue weighted by atomic mass is 9.97. The fourth-order valence-electron chi connectivity index (χ4n) is 3.76. The highest BCUT2D eigenvalue weighted by Gasteiger charge is 2.23. The Morgan fingerprint density at radius 3 is 2.70 bits per heavy atom. The number of carbonyl (C=O) groups is 1. The van der Waals surface area contributed by atoms with Gasteiger partial charge < -0.3 is 19.9 Å². The second kappa shape index (κ2) is 5.38. The lowest BCUT2D eigenvalue weighted by Crippen LogP contribution is -2.44. The maximum atomic E-state index is 12.5. The first-order chi connectivity index (χ1) is 11.2. The largest absolute Gasteiger partial charge is 0.477 e. The minimum atomic E-state index is -1.15. The molecule has 1 fully saturated rings. The molecule has 0 saturated carbocycles. The van der Waals surface area contributed by atoms with Crippen molar-refractivity contribution in [2.45, 2.75) is 19.4 Å². The fraction of sp³-hybridized carbons (Fsp3) is 0.412. The summed E-state index contributed by atoms with van der Waals surface area (Å²) >= 11 is 0. The number of aromatic carboxylic acids is 1. The Hall–Kier alpha value is -2.34. The van der Waals surface area contributed by atoms with E-state index < -0.39 is 5.97 Å². The molecular formula is C17H19N3O3. The second-order valence-electron chi connectivity index (χ2n) is 6.17. The van der Waals surface area contributed by atoms with Gasteiger partial charge in [-0.05, 0) is 30.5 Å². The summed E-state index contributed by atoms with van der Waals surface area (Å²) in [5.41, 5.74) is 2.78. The summed E-state index contributed by atoms with van der Waals surface area (Å²) in [6.45, 7) is 4.59. The molecule has 6 heteroatoms. The standard InChI is InChI=1S/C17H19N3O3/c21-16-12-3-4-14(19-8-5-18-6-9-19)11-2-1-7-20(15(11)12)10-13(16)17(22)23/h3-4,10,18H,1-2,5-9H2,(H,22,23). The highest BCUT2D eigenvalue weighted by molar-refractivity contribution is 5.95. The van der Waals surface area contributed by atoms with Crippen LogP contribution in [0.25, 0.3) is 10.9 Å². The average molecular weight is 313 g/mol. The molecule has 2 aliphatic heterocycles. The summed E-state index contributed by atoms with van der Waals surface area (Å²) in [5.74, 6) is -1.15. The molecule has 2 aromatic rings. The molecule has 120 valence electrons. The number of anilines is 1. The van der Waals surface area contributed by atoms with Crippen LogP contribution in [-0.4, -0.2) is 41.8 Å². The number of rotatable bonds is 2. The van der Waals surface area contributed by atoms with Gasteiger partial charge in [-0.2, -0.15) is 0 Å². The van der Waals surface area contributed by atoms with E-state index in [1.54, 1.807) is 6.07 Å². The maximum absolute atomic E-state index is 12.5. The molecule has 4 rings (SSSR count). The lowest BCUT2D eigenvalue weighted by molar-refractivity contribution is 0.0695. The van der Waals surface area contributed by atoms with Gasteiger partial charge in [-0.15, -0.1) is 0 Å². The van der Waals surface area contributed by atoms with E-state index in [0.717, 1.165) is 51.1 Å². The van der Waals surface area contributed by atoms with E-state index in [9.17, 15) is 14.7 Å². The zero-order chi connectivity index (χ0) is 16.0.